The van der Waals surface area contributed by atoms with Gasteiger partial charge in [0.25, 0.3) is 0 Å². The molecule has 104 valence electrons. The number of hydrogen-bond donors (Lipinski definition) is 3. The molecule has 3 N–H and O–H groups in total. The van der Waals surface area contributed by atoms with Gasteiger partial charge in [-0.3, -0.25) is 9.78 Å². The Labute approximate surface area is 111 Å². The van der Waals surface area contributed by atoms with Crippen LogP contribution in [0.4, 0.5) is 0 Å². The molecule has 1 aromatic heterocycles. The van der Waals surface area contributed by atoms with Crippen LogP contribution in [0.2, 0.25) is 0 Å². The Kier molecular flexibility index (Phi) is 3.56. The molecule has 0 aliphatic rings. The van der Waals surface area contributed by atoms with Gasteiger partial charge in [0.1, 0.15) is 6.61 Å². The highest BCUT2D eigenvalue weighted by molar-refractivity contribution is 5.91. The Balaban J connectivity index is 2.25. The van der Waals surface area contributed by atoms with E-state index in [1.165, 1.54) is 0 Å². The molecule has 0 atom stereocenters. The molecule has 2 aromatic rings. The summed E-state index contributed by atoms with van der Waals surface area (Å²) in [6.07, 6.45) is 0. The molecule has 2 rings (SSSR count). The predicted molar refractivity (Wildman–Crippen MR) is 65.7 cm³/mol. The van der Waals surface area contributed by atoms with Crippen LogP contribution < -0.4 is 11.2 Å². The van der Waals surface area contributed by atoms with E-state index in [2.05, 4.69) is 0 Å². The monoisotopic (exact) mass is 278 g/mol. The lowest BCUT2D eigenvalue weighted by Gasteiger charge is -2.06. The number of nitrogens with one attached hydrogen (secondary N) is 1. The summed E-state index contributed by atoms with van der Waals surface area (Å²) >= 11 is 0. The molecule has 0 aliphatic heterocycles. The zero-order valence-corrected chi connectivity index (χ0v) is 10.1. The van der Waals surface area contributed by atoms with Gasteiger partial charge < -0.3 is 15.1 Å². The summed E-state index contributed by atoms with van der Waals surface area (Å²) < 4.78 is 4.50. The molecule has 1 heterocycles. The summed E-state index contributed by atoms with van der Waals surface area (Å²) in [6.45, 7) is -0.122. The molecule has 0 unspecified atom stereocenters. The van der Waals surface area contributed by atoms with Crippen LogP contribution >= 0.6 is 0 Å². The third-order valence-electron chi connectivity index (χ3n) is 2.48. The van der Waals surface area contributed by atoms with E-state index < -0.39 is 28.7 Å². The van der Waals surface area contributed by atoms with Gasteiger partial charge in [-0.2, -0.15) is 0 Å². The molecule has 0 bridgehead atoms. The van der Waals surface area contributed by atoms with Crippen molar-refractivity contribution < 1.29 is 19.8 Å². The predicted octanol–water partition coefficient (Wildman–Crippen LogP) is -0.164. The molecule has 0 aliphatic carbocycles. The second-order valence-corrected chi connectivity index (χ2v) is 3.83. The SMILES string of the molecule is O=C(OCc1ccccc1)c1c(O)[nH]c(=O)n(O)c1=O. The first-order valence-corrected chi connectivity index (χ1v) is 5.49. The number of hydrogen-bond acceptors (Lipinski definition) is 6. The Bertz CT molecular complexity index is 747. The number of aromatic hydroxyl groups is 1. The molecule has 0 saturated carbocycles. The number of esters is 1. The number of aromatic amines is 1. The molecule has 8 nitrogen and oxygen atoms in total. The van der Waals surface area contributed by atoms with Crippen molar-refractivity contribution in [2.45, 2.75) is 6.61 Å². The lowest BCUT2D eigenvalue weighted by molar-refractivity contribution is 0.0457. The van der Waals surface area contributed by atoms with Gasteiger partial charge in [0.05, 0.1) is 0 Å². The second kappa shape index (κ2) is 5.31. The van der Waals surface area contributed by atoms with E-state index in [4.69, 9.17) is 9.94 Å². The number of ether oxygens (including phenoxy) is 1. The molecule has 1 aromatic carbocycles. The molecule has 0 saturated heterocycles. The Hall–Kier alpha value is -3.03. The fraction of sp³-hybridized carbons (Fsp3) is 0.0833. The van der Waals surface area contributed by atoms with Gasteiger partial charge in [-0.15, -0.1) is 0 Å². The highest BCUT2D eigenvalue weighted by Crippen LogP contribution is 2.09. The van der Waals surface area contributed by atoms with Gasteiger partial charge in [0.2, 0.25) is 5.88 Å². The van der Waals surface area contributed by atoms with Crippen molar-refractivity contribution in [1.29, 1.82) is 0 Å². The number of carbonyl (C=O) groups is 1. The molecule has 20 heavy (non-hydrogen) atoms. The van der Waals surface area contributed by atoms with Crippen LogP contribution in [0.1, 0.15) is 15.9 Å². The summed E-state index contributed by atoms with van der Waals surface area (Å²) in [5.41, 5.74) is -2.78. The normalized spacial score (nSPS) is 10.2. The standard InChI is InChI=1S/C12H10N2O6/c15-9-8(10(16)14(19)12(18)13-9)11(17)20-6-7-4-2-1-3-5-7/h1-5,15,19H,6H2,(H,13,18). The second-order valence-electron chi connectivity index (χ2n) is 3.83. The zero-order valence-electron chi connectivity index (χ0n) is 10.1. The Morgan fingerprint density at radius 3 is 2.55 bits per heavy atom. The fourth-order valence-corrected chi connectivity index (χ4v) is 1.50. The van der Waals surface area contributed by atoms with Gasteiger partial charge in [0.15, 0.2) is 5.56 Å². The minimum atomic E-state index is -1.36. The summed E-state index contributed by atoms with van der Waals surface area (Å²) in [6, 6.07) is 8.65. The summed E-state index contributed by atoms with van der Waals surface area (Å²) in [5, 5.41) is 18.5. The van der Waals surface area contributed by atoms with Crippen molar-refractivity contribution in [2.24, 2.45) is 0 Å². The van der Waals surface area contributed by atoms with Crippen LogP contribution in [0.3, 0.4) is 0 Å². The summed E-state index contributed by atoms with van der Waals surface area (Å²) in [4.78, 5) is 35.9. The number of carbonyl (C=O) groups excluding carboxylic acids is 1. The lowest BCUT2D eigenvalue weighted by Crippen LogP contribution is -2.37. The molecule has 8 heteroatoms. The van der Waals surface area contributed by atoms with Crippen LogP contribution in [0, 0.1) is 0 Å². The van der Waals surface area contributed by atoms with E-state index in [9.17, 15) is 19.5 Å². The maximum atomic E-state index is 11.7. The lowest BCUT2D eigenvalue weighted by atomic mass is 10.2. The van der Waals surface area contributed by atoms with Crippen LogP contribution in [-0.4, -0.2) is 26.0 Å². The number of aromatic nitrogens is 2. The number of rotatable bonds is 3. The van der Waals surface area contributed by atoms with E-state index in [-0.39, 0.29) is 11.3 Å². The van der Waals surface area contributed by atoms with E-state index in [0.29, 0.717) is 5.56 Å². The topological polar surface area (TPSA) is 122 Å². The average molecular weight is 278 g/mol. The van der Waals surface area contributed by atoms with Gasteiger partial charge in [0, 0.05) is 0 Å². The van der Waals surface area contributed by atoms with Crippen LogP contribution in [0.5, 0.6) is 5.88 Å². The smallest absolute Gasteiger partial charge is 0.364 e. The minimum Gasteiger partial charge on any atom is -0.494 e. The van der Waals surface area contributed by atoms with Crippen molar-refractivity contribution in [2.75, 3.05) is 0 Å². The maximum Gasteiger partial charge on any atom is 0.364 e. The van der Waals surface area contributed by atoms with Crippen LogP contribution in [-0.2, 0) is 11.3 Å². The summed E-state index contributed by atoms with van der Waals surface area (Å²) in [5.74, 6) is -2.11. The Morgan fingerprint density at radius 2 is 1.90 bits per heavy atom. The van der Waals surface area contributed by atoms with E-state index in [1.807, 2.05) is 0 Å². The van der Waals surface area contributed by atoms with Gasteiger partial charge >= 0.3 is 17.2 Å². The molecule has 0 radical (unpaired) electrons. The Morgan fingerprint density at radius 1 is 1.25 bits per heavy atom. The van der Waals surface area contributed by atoms with Crippen molar-refractivity contribution in [3.63, 3.8) is 0 Å². The van der Waals surface area contributed by atoms with Gasteiger partial charge in [-0.1, -0.05) is 35.1 Å². The molecular weight excluding hydrogens is 268 g/mol. The minimum absolute atomic E-state index is 0.122. The summed E-state index contributed by atoms with van der Waals surface area (Å²) in [7, 11) is 0. The first kappa shape index (κ1) is 13.4. The molecular formula is C12H10N2O6. The molecule has 0 spiro atoms. The average Bonchev–Trinajstić information content (AvgIpc) is 2.44. The quantitative estimate of drug-likeness (QED) is 0.529. The van der Waals surface area contributed by atoms with Gasteiger partial charge in [-0.25, -0.2) is 9.59 Å². The highest BCUT2D eigenvalue weighted by atomic mass is 16.5. The van der Waals surface area contributed by atoms with Crippen LogP contribution in [0.25, 0.3) is 0 Å². The van der Waals surface area contributed by atoms with E-state index in [0.717, 1.165) is 0 Å². The third kappa shape index (κ3) is 2.53. The molecule has 0 fully saturated rings. The first-order chi connectivity index (χ1) is 9.50. The van der Waals surface area contributed by atoms with Crippen molar-refractivity contribution in [3.8, 4) is 5.88 Å². The zero-order chi connectivity index (χ0) is 14.7. The fourth-order valence-electron chi connectivity index (χ4n) is 1.50. The van der Waals surface area contributed by atoms with Crippen molar-refractivity contribution >= 4 is 5.97 Å². The first-order valence-electron chi connectivity index (χ1n) is 5.49. The number of benzene rings is 1. The van der Waals surface area contributed by atoms with E-state index in [1.54, 1.807) is 35.3 Å². The largest absolute Gasteiger partial charge is 0.494 e. The maximum absolute atomic E-state index is 11.7. The number of nitrogens with zero attached hydrogens (tertiary/aromatic N) is 1. The third-order valence-corrected chi connectivity index (χ3v) is 2.48. The van der Waals surface area contributed by atoms with E-state index >= 15 is 0 Å². The molecule has 0 amide bonds. The van der Waals surface area contributed by atoms with Crippen molar-refractivity contribution in [3.05, 3.63) is 62.3 Å². The van der Waals surface area contributed by atoms with Gasteiger partial charge in [-0.05, 0) is 5.56 Å². The highest BCUT2D eigenvalue weighted by Gasteiger charge is 2.22. The number of H-pyrrole nitrogens is 1. The van der Waals surface area contributed by atoms with Crippen LogP contribution in [0.15, 0.2) is 39.9 Å². The van der Waals surface area contributed by atoms with Crippen molar-refractivity contribution in [1.82, 2.24) is 9.71 Å².